The summed E-state index contributed by atoms with van der Waals surface area (Å²) in [6.07, 6.45) is 1.34. The lowest BCUT2D eigenvalue weighted by Crippen LogP contribution is -2.37. The summed E-state index contributed by atoms with van der Waals surface area (Å²) in [5.74, 6) is 0.621. The molecule has 3 unspecified atom stereocenters. The van der Waals surface area contributed by atoms with Crippen LogP contribution < -0.4 is 0 Å². The first-order valence-corrected chi connectivity index (χ1v) is 6.14. The van der Waals surface area contributed by atoms with E-state index < -0.39 is 15.4 Å². The van der Waals surface area contributed by atoms with Crippen LogP contribution in [0.5, 0.6) is 0 Å². The maximum Gasteiger partial charge on any atom is 0.267 e. The third-order valence-corrected chi connectivity index (χ3v) is 4.07. The van der Waals surface area contributed by atoms with Crippen molar-refractivity contribution in [2.45, 2.75) is 43.6 Å². The molecule has 0 aromatic heterocycles. The van der Waals surface area contributed by atoms with Gasteiger partial charge in [-0.3, -0.25) is 4.55 Å². The quantitative estimate of drug-likeness (QED) is 0.656. The van der Waals surface area contributed by atoms with E-state index in [2.05, 4.69) is 4.99 Å². The van der Waals surface area contributed by atoms with Crippen molar-refractivity contribution < 1.29 is 17.7 Å². The van der Waals surface area contributed by atoms with Gasteiger partial charge < -0.3 is 4.74 Å². The third kappa shape index (κ3) is 1.76. The fourth-order valence-corrected chi connectivity index (χ4v) is 2.97. The third-order valence-electron chi connectivity index (χ3n) is 2.80. The van der Waals surface area contributed by atoms with E-state index in [9.17, 15) is 8.42 Å². The Hall–Kier alpha value is -0.620. The van der Waals surface area contributed by atoms with Gasteiger partial charge in [0.05, 0.1) is 11.3 Å². The zero-order valence-corrected chi connectivity index (χ0v) is 8.70. The molecular weight excluding hydrogens is 206 g/mol. The van der Waals surface area contributed by atoms with E-state index in [0.29, 0.717) is 25.2 Å². The zero-order valence-electron chi connectivity index (χ0n) is 7.88. The highest BCUT2D eigenvalue weighted by molar-refractivity contribution is 7.86. The van der Waals surface area contributed by atoms with Crippen molar-refractivity contribution in [3.63, 3.8) is 0 Å². The predicted octanol–water partition coefficient (Wildman–Crippen LogP) is 0.613. The van der Waals surface area contributed by atoms with Crippen molar-refractivity contribution in [1.82, 2.24) is 0 Å². The summed E-state index contributed by atoms with van der Waals surface area (Å²) in [4.78, 5) is 4.24. The number of nitrogens with zero attached hydrogens (tertiary/aromatic N) is 1. The number of hydrogen-bond acceptors (Lipinski definition) is 4. The number of ether oxygens (including phenoxy) is 1. The molecule has 0 bridgehead atoms. The first-order chi connectivity index (χ1) is 6.47. The number of rotatable bonds is 1. The minimum Gasteiger partial charge on any atom is -0.476 e. The fraction of sp³-hybridized carbons (Fsp3) is 0.875. The lowest BCUT2D eigenvalue weighted by molar-refractivity contribution is 0.151. The molecule has 1 aliphatic carbocycles. The first kappa shape index (κ1) is 9.92. The Labute approximate surface area is 82.9 Å². The van der Waals surface area contributed by atoms with Crippen LogP contribution in [0, 0.1) is 0 Å². The Kier molecular flexibility index (Phi) is 2.27. The SMILES string of the molecule is CC1=NC2CCC(S(=O)(=O)O)CC2O1. The standard InChI is InChI=1S/C8H13NO4S/c1-5-9-7-3-2-6(14(10,11)12)4-8(7)13-5/h6-8H,2-4H2,1H3,(H,10,11,12). The second-order valence-electron chi connectivity index (χ2n) is 3.82. The van der Waals surface area contributed by atoms with Crippen molar-refractivity contribution in [1.29, 1.82) is 0 Å². The highest BCUT2D eigenvalue weighted by Gasteiger charge is 2.40. The average molecular weight is 219 g/mol. The molecule has 80 valence electrons. The van der Waals surface area contributed by atoms with Gasteiger partial charge in [0.2, 0.25) is 0 Å². The molecule has 1 aliphatic heterocycles. The summed E-state index contributed by atoms with van der Waals surface area (Å²) in [5, 5.41) is -0.676. The molecule has 14 heavy (non-hydrogen) atoms. The van der Waals surface area contributed by atoms with Gasteiger partial charge in [-0.05, 0) is 12.8 Å². The largest absolute Gasteiger partial charge is 0.476 e. The highest BCUT2D eigenvalue weighted by atomic mass is 32.2. The van der Waals surface area contributed by atoms with Crippen LogP contribution in [-0.4, -0.2) is 36.3 Å². The molecule has 1 fully saturated rings. The van der Waals surface area contributed by atoms with Crippen LogP contribution in [0.3, 0.4) is 0 Å². The predicted molar refractivity (Wildman–Crippen MR) is 51.0 cm³/mol. The Morgan fingerprint density at radius 1 is 1.50 bits per heavy atom. The van der Waals surface area contributed by atoms with E-state index >= 15 is 0 Å². The maximum absolute atomic E-state index is 10.9. The smallest absolute Gasteiger partial charge is 0.267 e. The van der Waals surface area contributed by atoms with Gasteiger partial charge in [-0.25, -0.2) is 4.99 Å². The zero-order chi connectivity index (χ0) is 10.3. The summed E-state index contributed by atoms with van der Waals surface area (Å²) < 4.78 is 36.1. The number of hydrogen-bond donors (Lipinski definition) is 1. The number of aliphatic imine (C=N–C) groups is 1. The van der Waals surface area contributed by atoms with E-state index in [1.165, 1.54) is 0 Å². The summed E-state index contributed by atoms with van der Waals surface area (Å²) >= 11 is 0. The van der Waals surface area contributed by atoms with E-state index in [-0.39, 0.29) is 12.1 Å². The second-order valence-corrected chi connectivity index (χ2v) is 5.52. The van der Waals surface area contributed by atoms with Crippen LogP contribution in [0.2, 0.25) is 0 Å². The van der Waals surface area contributed by atoms with Gasteiger partial charge in [0.15, 0.2) is 5.90 Å². The van der Waals surface area contributed by atoms with Crippen LogP contribution in [-0.2, 0) is 14.9 Å². The van der Waals surface area contributed by atoms with Crippen LogP contribution in [0.4, 0.5) is 0 Å². The topological polar surface area (TPSA) is 76.0 Å². The summed E-state index contributed by atoms with van der Waals surface area (Å²) in [5.41, 5.74) is 0. The van der Waals surface area contributed by atoms with E-state index in [0.717, 1.165) is 0 Å². The Morgan fingerprint density at radius 3 is 2.86 bits per heavy atom. The molecule has 5 nitrogen and oxygen atoms in total. The molecule has 0 aromatic rings. The van der Waals surface area contributed by atoms with E-state index in [4.69, 9.17) is 9.29 Å². The molecule has 2 aliphatic rings. The van der Waals surface area contributed by atoms with Gasteiger partial charge in [-0.1, -0.05) is 0 Å². The average Bonchev–Trinajstić information content (AvgIpc) is 2.41. The van der Waals surface area contributed by atoms with Gasteiger partial charge >= 0.3 is 0 Å². The van der Waals surface area contributed by atoms with Gasteiger partial charge in [-0.15, -0.1) is 0 Å². The molecule has 1 saturated carbocycles. The summed E-state index contributed by atoms with van der Waals surface area (Å²) in [7, 11) is -3.91. The Balaban J connectivity index is 2.08. The van der Waals surface area contributed by atoms with Gasteiger partial charge in [0, 0.05) is 13.3 Å². The molecule has 1 N–H and O–H groups in total. The Morgan fingerprint density at radius 2 is 2.21 bits per heavy atom. The highest BCUT2D eigenvalue weighted by Crippen LogP contribution is 2.31. The lowest BCUT2D eigenvalue weighted by atomic mass is 9.93. The molecule has 2 rings (SSSR count). The molecule has 6 heteroatoms. The van der Waals surface area contributed by atoms with Crippen molar-refractivity contribution in [2.75, 3.05) is 0 Å². The maximum atomic E-state index is 10.9. The van der Waals surface area contributed by atoms with Gasteiger partial charge in [-0.2, -0.15) is 8.42 Å². The van der Waals surface area contributed by atoms with E-state index in [1.807, 2.05) is 0 Å². The van der Waals surface area contributed by atoms with Crippen molar-refractivity contribution >= 4 is 16.0 Å². The lowest BCUT2D eigenvalue weighted by Gasteiger charge is -2.27. The summed E-state index contributed by atoms with van der Waals surface area (Å²) in [6, 6.07) is 0.0907. The molecule has 3 atom stereocenters. The number of fused-ring (bicyclic) bond motifs is 1. The minimum absolute atomic E-state index is 0.0907. The Bertz CT molecular complexity index is 362. The molecule has 0 saturated heterocycles. The van der Waals surface area contributed by atoms with Gasteiger partial charge in [0.1, 0.15) is 6.10 Å². The van der Waals surface area contributed by atoms with E-state index in [1.54, 1.807) is 6.92 Å². The normalized spacial score (nSPS) is 37.3. The van der Waals surface area contributed by atoms with Crippen molar-refractivity contribution in [2.24, 2.45) is 4.99 Å². The fourth-order valence-electron chi connectivity index (χ4n) is 2.10. The molecule has 0 aromatic carbocycles. The van der Waals surface area contributed by atoms with Crippen LogP contribution in [0.25, 0.3) is 0 Å². The van der Waals surface area contributed by atoms with Crippen LogP contribution >= 0.6 is 0 Å². The van der Waals surface area contributed by atoms with Gasteiger partial charge in [0.25, 0.3) is 10.1 Å². The molecule has 0 amide bonds. The second kappa shape index (κ2) is 3.20. The van der Waals surface area contributed by atoms with Crippen LogP contribution in [0.1, 0.15) is 26.2 Å². The monoisotopic (exact) mass is 219 g/mol. The summed E-state index contributed by atoms with van der Waals surface area (Å²) in [6.45, 7) is 1.76. The molecule has 1 heterocycles. The van der Waals surface area contributed by atoms with Crippen molar-refractivity contribution in [3.05, 3.63) is 0 Å². The first-order valence-electron chi connectivity index (χ1n) is 4.64. The molecular formula is C8H13NO4S. The molecule has 0 radical (unpaired) electrons. The van der Waals surface area contributed by atoms with Crippen molar-refractivity contribution in [3.8, 4) is 0 Å². The van der Waals surface area contributed by atoms with Crippen LogP contribution in [0.15, 0.2) is 4.99 Å². The molecule has 0 spiro atoms. The minimum atomic E-state index is -3.91.